The molecule has 32 heavy (non-hydrogen) atoms. The summed E-state index contributed by atoms with van der Waals surface area (Å²) in [5.41, 5.74) is 1.65. The predicted octanol–water partition coefficient (Wildman–Crippen LogP) is 3.42. The van der Waals surface area contributed by atoms with Crippen LogP contribution < -0.4 is 14.2 Å². The van der Waals surface area contributed by atoms with Crippen LogP contribution in [-0.4, -0.2) is 37.3 Å². The maximum Gasteiger partial charge on any atom is 0.254 e. The minimum atomic E-state index is -0.271. The molecular formula is C25H24N2O5. The molecule has 2 bridgehead atoms. The number of allylic oxidation sites excluding steroid dienone is 2. The number of carbonyl (C=O) groups is 2. The molecule has 164 valence electrons. The molecular weight excluding hydrogens is 408 g/mol. The molecule has 7 heteroatoms. The maximum atomic E-state index is 12.8. The van der Waals surface area contributed by atoms with E-state index in [1.165, 1.54) is 6.21 Å². The van der Waals surface area contributed by atoms with Crippen LogP contribution in [0, 0.1) is 23.7 Å². The molecule has 4 unspecified atom stereocenters. The van der Waals surface area contributed by atoms with Gasteiger partial charge < -0.3 is 14.2 Å². The molecule has 4 atom stereocenters. The number of hydrogen-bond acceptors (Lipinski definition) is 6. The first-order chi connectivity index (χ1) is 15.6. The smallest absolute Gasteiger partial charge is 0.254 e. The van der Waals surface area contributed by atoms with Crippen molar-refractivity contribution < 1.29 is 23.8 Å². The number of fused-ring (bicyclic) bond motifs is 5. The van der Waals surface area contributed by atoms with E-state index in [1.54, 1.807) is 26.4 Å². The van der Waals surface area contributed by atoms with E-state index in [0.717, 1.165) is 17.0 Å². The highest BCUT2D eigenvalue weighted by molar-refractivity contribution is 6.06. The van der Waals surface area contributed by atoms with Gasteiger partial charge in [0.15, 0.2) is 11.5 Å². The minimum absolute atomic E-state index is 0.155. The molecule has 3 aliphatic rings. The van der Waals surface area contributed by atoms with Gasteiger partial charge in [0.2, 0.25) is 5.75 Å². The van der Waals surface area contributed by atoms with Crippen LogP contribution in [0.25, 0.3) is 0 Å². The summed E-state index contributed by atoms with van der Waals surface area (Å²) < 4.78 is 17.0. The Hall–Kier alpha value is -3.61. The summed E-state index contributed by atoms with van der Waals surface area (Å²) in [6, 6.07) is 13.3. The monoisotopic (exact) mass is 432 g/mol. The van der Waals surface area contributed by atoms with Crippen molar-refractivity contribution in [3.05, 3.63) is 65.7 Å². The van der Waals surface area contributed by atoms with E-state index in [9.17, 15) is 9.59 Å². The zero-order valence-corrected chi connectivity index (χ0v) is 17.9. The maximum absolute atomic E-state index is 12.8. The molecule has 0 N–H and O–H groups in total. The standard InChI is InChI=1S/C25H24N2O5/c1-30-19-10-16(11-20(31-2)23(19)32-14-15-6-4-3-5-7-15)13-26-27-24(28)21-17-8-9-18(12-17)22(21)25(27)29/h3-11,13,17-18,21-22H,12,14H2,1-2H3. The van der Waals surface area contributed by atoms with Gasteiger partial charge in [-0.15, -0.1) is 0 Å². The van der Waals surface area contributed by atoms with E-state index in [0.29, 0.717) is 29.4 Å². The molecule has 2 fully saturated rings. The van der Waals surface area contributed by atoms with Crippen molar-refractivity contribution in [2.45, 2.75) is 13.0 Å². The van der Waals surface area contributed by atoms with Crippen LogP contribution >= 0.6 is 0 Å². The third kappa shape index (κ3) is 3.34. The van der Waals surface area contributed by atoms with Crippen molar-refractivity contribution in [2.75, 3.05) is 14.2 Å². The summed E-state index contributed by atoms with van der Waals surface area (Å²) in [5.74, 6) is 0.761. The van der Waals surface area contributed by atoms with Crippen LogP contribution in [0.15, 0.2) is 59.7 Å². The highest BCUT2D eigenvalue weighted by Gasteiger charge is 2.59. The Balaban J connectivity index is 1.37. The normalized spacial score (nSPS) is 25.6. The van der Waals surface area contributed by atoms with Crippen molar-refractivity contribution in [1.29, 1.82) is 0 Å². The summed E-state index contributed by atoms with van der Waals surface area (Å²) in [6.07, 6.45) is 6.50. The highest BCUT2D eigenvalue weighted by Crippen LogP contribution is 2.52. The molecule has 1 aliphatic heterocycles. The lowest BCUT2D eigenvalue weighted by Crippen LogP contribution is -2.28. The van der Waals surface area contributed by atoms with Gasteiger partial charge in [0.1, 0.15) is 6.61 Å². The number of benzene rings is 2. The number of methoxy groups -OCH3 is 2. The molecule has 1 saturated carbocycles. The van der Waals surface area contributed by atoms with Gasteiger partial charge in [-0.3, -0.25) is 9.59 Å². The number of hydrogen-bond donors (Lipinski definition) is 0. The third-order valence-electron chi connectivity index (χ3n) is 6.48. The second-order valence-corrected chi connectivity index (χ2v) is 8.26. The number of nitrogens with zero attached hydrogens (tertiary/aromatic N) is 2. The quantitative estimate of drug-likeness (QED) is 0.381. The largest absolute Gasteiger partial charge is 0.493 e. The second kappa shape index (κ2) is 8.15. The molecule has 0 spiro atoms. The number of ether oxygens (including phenoxy) is 3. The van der Waals surface area contributed by atoms with Crippen LogP contribution in [0.4, 0.5) is 0 Å². The molecule has 7 nitrogen and oxygen atoms in total. The van der Waals surface area contributed by atoms with Crippen LogP contribution in [0.2, 0.25) is 0 Å². The summed E-state index contributed by atoms with van der Waals surface area (Å²) in [5, 5.41) is 5.27. The fraction of sp³-hybridized carbons (Fsp3) is 0.320. The fourth-order valence-corrected chi connectivity index (χ4v) is 4.97. The first kappa shape index (κ1) is 20.3. The molecule has 5 rings (SSSR count). The molecule has 2 aromatic carbocycles. The third-order valence-corrected chi connectivity index (χ3v) is 6.48. The van der Waals surface area contributed by atoms with Gasteiger partial charge in [-0.2, -0.15) is 10.1 Å². The number of carbonyl (C=O) groups excluding carboxylic acids is 2. The Kier molecular flexibility index (Phi) is 5.17. The van der Waals surface area contributed by atoms with Crippen LogP contribution in [0.1, 0.15) is 17.5 Å². The second-order valence-electron chi connectivity index (χ2n) is 8.26. The fourth-order valence-electron chi connectivity index (χ4n) is 4.97. The summed E-state index contributed by atoms with van der Waals surface area (Å²) in [4.78, 5) is 25.6. The first-order valence-corrected chi connectivity index (χ1v) is 10.6. The highest BCUT2D eigenvalue weighted by atomic mass is 16.5. The molecule has 0 aromatic heterocycles. The molecule has 1 heterocycles. The first-order valence-electron chi connectivity index (χ1n) is 10.6. The molecule has 2 aliphatic carbocycles. The van der Waals surface area contributed by atoms with E-state index >= 15 is 0 Å². The topological polar surface area (TPSA) is 77.4 Å². The van der Waals surface area contributed by atoms with Gasteiger partial charge in [-0.25, -0.2) is 0 Å². The zero-order chi connectivity index (χ0) is 22.2. The molecule has 0 radical (unpaired) electrons. The lowest BCUT2D eigenvalue weighted by atomic mass is 9.85. The molecule has 2 aromatic rings. The predicted molar refractivity (Wildman–Crippen MR) is 117 cm³/mol. The van der Waals surface area contributed by atoms with E-state index in [-0.39, 0.29) is 35.5 Å². The van der Waals surface area contributed by atoms with Gasteiger partial charge in [0, 0.05) is 5.56 Å². The lowest BCUT2D eigenvalue weighted by Gasteiger charge is -2.16. The van der Waals surface area contributed by atoms with Crippen molar-refractivity contribution in [2.24, 2.45) is 28.8 Å². The van der Waals surface area contributed by atoms with Gasteiger partial charge in [0.05, 0.1) is 32.3 Å². The summed E-state index contributed by atoms with van der Waals surface area (Å²) >= 11 is 0. The SMILES string of the molecule is COc1cc(C=NN2C(=O)C3C4C=CC(C4)C3C2=O)cc(OC)c1OCc1ccccc1. The molecule has 2 amide bonds. The van der Waals surface area contributed by atoms with Crippen LogP contribution in [0.5, 0.6) is 17.2 Å². The number of hydrazone groups is 1. The van der Waals surface area contributed by atoms with Gasteiger partial charge >= 0.3 is 0 Å². The average molecular weight is 432 g/mol. The number of rotatable bonds is 7. The lowest BCUT2D eigenvalue weighted by molar-refractivity contribution is -0.140. The van der Waals surface area contributed by atoms with E-state index in [1.807, 2.05) is 30.3 Å². The van der Waals surface area contributed by atoms with E-state index in [2.05, 4.69) is 17.3 Å². The van der Waals surface area contributed by atoms with E-state index in [4.69, 9.17) is 14.2 Å². The Bertz CT molecular complexity index is 1060. The van der Waals surface area contributed by atoms with Crippen LogP contribution in [-0.2, 0) is 16.2 Å². The van der Waals surface area contributed by atoms with Gasteiger partial charge in [-0.1, -0.05) is 42.5 Å². The minimum Gasteiger partial charge on any atom is -0.493 e. The van der Waals surface area contributed by atoms with Gasteiger partial charge in [0.25, 0.3) is 11.8 Å². The Morgan fingerprint density at radius 1 is 0.969 bits per heavy atom. The van der Waals surface area contributed by atoms with Crippen molar-refractivity contribution >= 4 is 18.0 Å². The summed E-state index contributed by atoms with van der Waals surface area (Å²) in [6.45, 7) is 0.358. The Morgan fingerprint density at radius 2 is 1.56 bits per heavy atom. The Morgan fingerprint density at radius 3 is 2.12 bits per heavy atom. The number of amides is 2. The van der Waals surface area contributed by atoms with E-state index < -0.39 is 0 Å². The van der Waals surface area contributed by atoms with Crippen molar-refractivity contribution in [3.8, 4) is 17.2 Å². The Labute approximate surface area is 186 Å². The molecule has 1 saturated heterocycles. The van der Waals surface area contributed by atoms with Crippen LogP contribution in [0.3, 0.4) is 0 Å². The van der Waals surface area contributed by atoms with Crippen molar-refractivity contribution in [1.82, 2.24) is 5.01 Å². The van der Waals surface area contributed by atoms with Crippen molar-refractivity contribution in [3.63, 3.8) is 0 Å². The average Bonchev–Trinajstić information content (AvgIpc) is 3.51. The van der Waals surface area contributed by atoms with Gasteiger partial charge in [-0.05, 0) is 36.0 Å². The number of imide groups is 1. The summed E-state index contributed by atoms with van der Waals surface area (Å²) in [7, 11) is 3.09. The zero-order valence-electron chi connectivity index (χ0n) is 17.9.